The number of aliphatic hydroxyl groups is 3. The molecule has 1 aromatic carbocycles. The van der Waals surface area contributed by atoms with Crippen molar-refractivity contribution >= 4 is 5.78 Å². The first-order valence-corrected chi connectivity index (χ1v) is 5.81. The van der Waals surface area contributed by atoms with Gasteiger partial charge in [-0.25, -0.2) is 0 Å². The lowest BCUT2D eigenvalue weighted by atomic mass is 9.91. The van der Waals surface area contributed by atoms with E-state index < -0.39 is 6.10 Å². The molecule has 4 nitrogen and oxygen atoms in total. The fraction of sp³-hybridized carbons (Fsp3) is 0.357. The Kier molecular flexibility index (Phi) is 3.34. The van der Waals surface area contributed by atoms with Crippen molar-refractivity contribution in [1.82, 2.24) is 0 Å². The van der Waals surface area contributed by atoms with Crippen LogP contribution in [0.15, 0.2) is 18.2 Å². The van der Waals surface area contributed by atoms with Gasteiger partial charge >= 0.3 is 0 Å². The molecule has 0 saturated carbocycles. The summed E-state index contributed by atoms with van der Waals surface area (Å²) in [6.07, 6.45) is -0.607. The summed E-state index contributed by atoms with van der Waals surface area (Å²) in [6.45, 7) is 5.08. The van der Waals surface area contributed by atoms with E-state index >= 15 is 0 Å². The van der Waals surface area contributed by atoms with Crippen LogP contribution in [0.5, 0.6) is 0 Å². The molecule has 0 amide bonds. The van der Waals surface area contributed by atoms with Gasteiger partial charge in [0.25, 0.3) is 0 Å². The first kappa shape index (κ1) is 13.0. The molecule has 1 aromatic rings. The Morgan fingerprint density at radius 3 is 2.56 bits per heavy atom. The first-order chi connectivity index (χ1) is 8.52. The van der Waals surface area contributed by atoms with Crippen molar-refractivity contribution in [2.75, 3.05) is 6.61 Å². The molecule has 0 spiro atoms. The number of carbonyl (C=O) groups excluding carboxylic acids is 1. The summed E-state index contributed by atoms with van der Waals surface area (Å²) < 4.78 is 0. The predicted molar refractivity (Wildman–Crippen MR) is 66.3 cm³/mol. The van der Waals surface area contributed by atoms with Gasteiger partial charge in [-0.2, -0.15) is 0 Å². The second-order valence-corrected chi connectivity index (χ2v) is 4.50. The fourth-order valence-corrected chi connectivity index (χ4v) is 2.55. The average Bonchev–Trinajstić information content (AvgIpc) is 2.56. The van der Waals surface area contributed by atoms with Crippen LogP contribution in [-0.4, -0.2) is 27.7 Å². The third kappa shape index (κ3) is 1.70. The van der Waals surface area contributed by atoms with Crippen molar-refractivity contribution in [3.05, 3.63) is 46.0 Å². The molecule has 0 unspecified atom stereocenters. The van der Waals surface area contributed by atoms with Crippen molar-refractivity contribution in [2.24, 2.45) is 0 Å². The van der Waals surface area contributed by atoms with Gasteiger partial charge in [0.1, 0.15) is 6.10 Å². The number of ketones is 1. The topological polar surface area (TPSA) is 77.8 Å². The first-order valence-electron chi connectivity index (χ1n) is 5.81. The van der Waals surface area contributed by atoms with Gasteiger partial charge < -0.3 is 15.3 Å². The summed E-state index contributed by atoms with van der Waals surface area (Å²) in [5.74, 6) is -0.319. The highest BCUT2D eigenvalue weighted by Crippen LogP contribution is 2.39. The van der Waals surface area contributed by atoms with Gasteiger partial charge in [-0.3, -0.25) is 4.79 Å². The number of benzene rings is 1. The van der Waals surface area contributed by atoms with E-state index in [-0.39, 0.29) is 24.6 Å². The quantitative estimate of drug-likeness (QED) is 0.692. The standard InChI is InChI=1S/C14H16O4/c1-7-5-10-12(14(18)8(2)13(10)17)11(6-16)9(7)3-4-15/h5,13,15-17H,2-4,6H2,1H3/t13-/m0/s1. The van der Waals surface area contributed by atoms with Gasteiger partial charge in [-0.05, 0) is 35.6 Å². The monoisotopic (exact) mass is 248 g/mol. The van der Waals surface area contributed by atoms with Crippen LogP contribution in [0.25, 0.3) is 0 Å². The van der Waals surface area contributed by atoms with Crippen LogP contribution in [-0.2, 0) is 13.0 Å². The summed E-state index contributed by atoms with van der Waals surface area (Å²) in [4.78, 5) is 12.0. The molecule has 3 N–H and O–H groups in total. The molecule has 18 heavy (non-hydrogen) atoms. The lowest BCUT2D eigenvalue weighted by Gasteiger charge is -2.15. The number of hydrogen-bond donors (Lipinski definition) is 3. The molecule has 0 fully saturated rings. The SMILES string of the molecule is C=C1C(=O)c2c(cc(C)c(CCO)c2CO)[C@H]1O. The highest BCUT2D eigenvalue weighted by Gasteiger charge is 2.35. The Hall–Kier alpha value is -1.49. The molecule has 0 heterocycles. The number of aryl methyl sites for hydroxylation is 1. The smallest absolute Gasteiger partial charge is 0.192 e. The molecule has 1 aliphatic rings. The number of aliphatic hydroxyl groups excluding tert-OH is 3. The van der Waals surface area contributed by atoms with Crippen molar-refractivity contribution < 1.29 is 20.1 Å². The van der Waals surface area contributed by atoms with Crippen LogP contribution < -0.4 is 0 Å². The zero-order chi connectivity index (χ0) is 13.4. The molecule has 1 aliphatic carbocycles. The molecule has 1 atom stereocenters. The number of Topliss-reactive ketones (excluding diaryl/α,β-unsaturated/α-hetero) is 1. The van der Waals surface area contributed by atoms with Crippen molar-refractivity contribution in [2.45, 2.75) is 26.1 Å². The third-order valence-electron chi connectivity index (χ3n) is 3.47. The maximum atomic E-state index is 12.0. The molecule has 2 rings (SSSR count). The van der Waals surface area contributed by atoms with Crippen LogP contribution in [0.3, 0.4) is 0 Å². The average molecular weight is 248 g/mol. The van der Waals surface area contributed by atoms with E-state index in [0.29, 0.717) is 23.1 Å². The van der Waals surface area contributed by atoms with E-state index in [9.17, 15) is 15.0 Å². The molecule has 0 radical (unpaired) electrons. The molecule has 4 heteroatoms. The summed E-state index contributed by atoms with van der Waals surface area (Å²) >= 11 is 0. The number of fused-ring (bicyclic) bond motifs is 1. The summed E-state index contributed by atoms with van der Waals surface area (Å²) in [7, 11) is 0. The molecular weight excluding hydrogens is 232 g/mol. The van der Waals surface area contributed by atoms with Crippen LogP contribution in [0.2, 0.25) is 0 Å². The van der Waals surface area contributed by atoms with Crippen molar-refractivity contribution in [1.29, 1.82) is 0 Å². The molecule has 96 valence electrons. The second-order valence-electron chi connectivity index (χ2n) is 4.50. The molecule has 0 saturated heterocycles. The zero-order valence-electron chi connectivity index (χ0n) is 10.2. The molecule has 0 bridgehead atoms. The van der Waals surface area contributed by atoms with Crippen LogP contribution >= 0.6 is 0 Å². The van der Waals surface area contributed by atoms with Crippen LogP contribution in [0.4, 0.5) is 0 Å². The van der Waals surface area contributed by atoms with E-state index in [1.807, 2.05) is 6.92 Å². The lowest BCUT2D eigenvalue weighted by Crippen LogP contribution is -2.08. The maximum Gasteiger partial charge on any atom is 0.192 e. The highest BCUT2D eigenvalue weighted by atomic mass is 16.3. The Balaban J connectivity index is 2.72. The van der Waals surface area contributed by atoms with E-state index in [1.54, 1.807) is 6.07 Å². The summed E-state index contributed by atoms with van der Waals surface area (Å²) in [6, 6.07) is 1.74. The Labute approximate surface area is 105 Å². The van der Waals surface area contributed by atoms with Gasteiger partial charge in [0.05, 0.1) is 6.61 Å². The van der Waals surface area contributed by atoms with Gasteiger partial charge in [0.15, 0.2) is 5.78 Å². The lowest BCUT2D eigenvalue weighted by molar-refractivity contribution is 0.101. The highest BCUT2D eigenvalue weighted by molar-refractivity contribution is 6.14. The summed E-state index contributed by atoms with van der Waals surface area (Å²) in [5.41, 5.74) is 3.13. The van der Waals surface area contributed by atoms with E-state index in [2.05, 4.69) is 6.58 Å². The van der Waals surface area contributed by atoms with Crippen LogP contribution in [0, 0.1) is 6.92 Å². The second kappa shape index (κ2) is 4.65. The van der Waals surface area contributed by atoms with Crippen LogP contribution in [0.1, 0.15) is 38.7 Å². The Morgan fingerprint density at radius 2 is 2.00 bits per heavy atom. The van der Waals surface area contributed by atoms with Gasteiger partial charge in [-0.1, -0.05) is 12.6 Å². The molecule has 0 aromatic heterocycles. The normalized spacial score (nSPS) is 18.3. The number of carbonyl (C=O) groups is 1. The van der Waals surface area contributed by atoms with Gasteiger partial charge in [0.2, 0.25) is 0 Å². The summed E-state index contributed by atoms with van der Waals surface area (Å²) in [5, 5.41) is 28.5. The fourth-order valence-electron chi connectivity index (χ4n) is 2.55. The Morgan fingerprint density at radius 1 is 1.33 bits per heavy atom. The number of hydrogen-bond acceptors (Lipinski definition) is 4. The molecule has 0 aliphatic heterocycles. The zero-order valence-corrected chi connectivity index (χ0v) is 10.2. The third-order valence-corrected chi connectivity index (χ3v) is 3.47. The van der Waals surface area contributed by atoms with E-state index in [1.165, 1.54) is 0 Å². The van der Waals surface area contributed by atoms with Crippen molar-refractivity contribution in [3.8, 4) is 0 Å². The largest absolute Gasteiger partial charge is 0.396 e. The minimum atomic E-state index is -0.986. The Bertz CT molecular complexity index is 531. The minimum absolute atomic E-state index is 0.0513. The van der Waals surface area contributed by atoms with E-state index in [0.717, 1.165) is 11.1 Å². The van der Waals surface area contributed by atoms with Gasteiger partial charge in [-0.15, -0.1) is 0 Å². The minimum Gasteiger partial charge on any atom is -0.396 e. The number of rotatable bonds is 3. The predicted octanol–water partition coefficient (Wildman–Crippen LogP) is 0.808. The van der Waals surface area contributed by atoms with Crippen molar-refractivity contribution in [3.63, 3.8) is 0 Å². The molecular formula is C14H16O4. The van der Waals surface area contributed by atoms with E-state index in [4.69, 9.17) is 5.11 Å². The van der Waals surface area contributed by atoms with Gasteiger partial charge in [0, 0.05) is 17.7 Å². The maximum absolute atomic E-state index is 12.0.